The van der Waals surface area contributed by atoms with Crippen molar-refractivity contribution in [1.82, 2.24) is 0 Å². The van der Waals surface area contributed by atoms with Crippen molar-refractivity contribution in [3.63, 3.8) is 0 Å². The molecule has 0 fully saturated rings. The Hall–Kier alpha value is -4.06. The van der Waals surface area contributed by atoms with Gasteiger partial charge in [-0.05, 0) is 54.8 Å². The summed E-state index contributed by atoms with van der Waals surface area (Å²) in [5, 5.41) is 3.55. The van der Waals surface area contributed by atoms with Crippen molar-refractivity contribution in [2.24, 2.45) is 0 Å². The molecule has 2 atom stereocenters. The van der Waals surface area contributed by atoms with Crippen LogP contribution in [0.3, 0.4) is 0 Å². The molecule has 6 nitrogen and oxygen atoms in total. The topological polar surface area (TPSA) is 67.9 Å². The first-order chi connectivity index (χ1) is 17.5. The maximum absolute atomic E-state index is 14.0. The number of anilines is 2. The van der Waals surface area contributed by atoms with Crippen molar-refractivity contribution in [2.45, 2.75) is 38.6 Å². The number of benzene rings is 3. The molecule has 3 aromatic carbocycles. The lowest BCUT2D eigenvalue weighted by molar-refractivity contribution is -0.117. The molecule has 1 aliphatic carbocycles. The van der Waals surface area contributed by atoms with Gasteiger partial charge >= 0.3 is 0 Å². The monoisotopic (exact) mass is 482 g/mol. The second-order valence-electron chi connectivity index (χ2n) is 9.10. The Balaban J connectivity index is 1.67. The van der Waals surface area contributed by atoms with Gasteiger partial charge in [-0.3, -0.25) is 14.5 Å². The molecule has 184 valence electrons. The Bertz CT molecular complexity index is 1330. The maximum atomic E-state index is 14.0. The van der Waals surface area contributed by atoms with E-state index in [-0.39, 0.29) is 17.6 Å². The van der Waals surface area contributed by atoms with Gasteiger partial charge in [-0.2, -0.15) is 0 Å². The molecule has 0 spiro atoms. The molecule has 0 bridgehead atoms. The predicted molar refractivity (Wildman–Crippen MR) is 141 cm³/mol. The average Bonchev–Trinajstić information content (AvgIpc) is 3.04. The van der Waals surface area contributed by atoms with E-state index >= 15 is 0 Å². The minimum atomic E-state index is -0.546. The number of nitrogens with one attached hydrogen (secondary N) is 1. The van der Waals surface area contributed by atoms with E-state index in [0.29, 0.717) is 25.0 Å². The smallest absolute Gasteiger partial charge is 0.224 e. The number of nitrogens with zero attached hydrogens (tertiary/aromatic N) is 1. The van der Waals surface area contributed by atoms with Crippen LogP contribution >= 0.6 is 0 Å². The Morgan fingerprint density at radius 3 is 2.44 bits per heavy atom. The van der Waals surface area contributed by atoms with E-state index in [1.165, 1.54) is 0 Å². The van der Waals surface area contributed by atoms with Crippen LogP contribution in [0.1, 0.15) is 49.8 Å². The lowest BCUT2D eigenvalue weighted by atomic mass is 9.78. The summed E-state index contributed by atoms with van der Waals surface area (Å²) in [6, 6.07) is 22.7. The Labute approximate surface area is 211 Å². The first-order valence-corrected chi connectivity index (χ1v) is 12.3. The highest BCUT2D eigenvalue weighted by atomic mass is 16.5. The van der Waals surface area contributed by atoms with Gasteiger partial charge in [0.25, 0.3) is 0 Å². The number of Topliss-reactive ketones (excluding diaryl/α,β-unsaturated/α-hetero) is 1. The minimum Gasteiger partial charge on any atom is -0.497 e. The summed E-state index contributed by atoms with van der Waals surface area (Å²) < 4.78 is 11.2. The predicted octanol–water partition coefficient (Wildman–Crippen LogP) is 6.01. The largest absolute Gasteiger partial charge is 0.497 e. The zero-order chi connectivity index (χ0) is 25.2. The Kier molecular flexibility index (Phi) is 6.51. The second kappa shape index (κ2) is 9.90. The molecule has 0 unspecified atom stereocenters. The van der Waals surface area contributed by atoms with Crippen molar-refractivity contribution in [3.8, 4) is 11.5 Å². The molecule has 1 heterocycles. The molecule has 2 aliphatic rings. The number of ketones is 1. The van der Waals surface area contributed by atoms with Gasteiger partial charge in [-0.15, -0.1) is 0 Å². The molecule has 5 rings (SSSR count). The zero-order valence-electron chi connectivity index (χ0n) is 20.8. The fourth-order valence-corrected chi connectivity index (χ4v) is 5.36. The zero-order valence-corrected chi connectivity index (χ0v) is 20.8. The summed E-state index contributed by atoms with van der Waals surface area (Å²) in [6.45, 7) is 4.07. The third-order valence-electron chi connectivity index (χ3n) is 6.92. The molecule has 1 aliphatic heterocycles. The standard InChI is InChI=1S/C30H30N2O4/c1-4-36-28-12-8-5-9-23(28)21-17-25-29(27(34)18-21)30(20-13-15-22(35-3)16-14-20)32(19(2)33)26-11-7-6-10-24(26)31-25/h5-16,21,30-31H,4,17-18H2,1-3H3/t21-,30-/m0/s1. The van der Waals surface area contributed by atoms with Crippen LogP contribution in [0, 0.1) is 0 Å². The number of rotatable bonds is 5. The number of amides is 1. The van der Waals surface area contributed by atoms with Crippen LogP contribution in [0.5, 0.6) is 11.5 Å². The summed E-state index contributed by atoms with van der Waals surface area (Å²) in [7, 11) is 1.62. The van der Waals surface area contributed by atoms with Gasteiger partial charge in [0.15, 0.2) is 5.78 Å². The number of carbonyl (C=O) groups excluding carboxylic acids is 2. The summed E-state index contributed by atoms with van der Waals surface area (Å²) >= 11 is 0. The van der Waals surface area contributed by atoms with Crippen LogP contribution < -0.4 is 19.7 Å². The van der Waals surface area contributed by atoms with Gasteiger partial charge in [0, 0.05) is 30.5 Å². The number of carbonyl (C=O) groups is 2. The number of ether oxygens (including phenoxy) is 2. The number of allylic oxidation sites excluding steroid dienone is 1. The quantitative estimate of drug-likeness (QED) is 0.482. The van der Waals surface area contributed by atoms with Gasteiger partial charge in [0.05, 0.1) is 31.1 Å². The van der Waals surface area contributed by atoms with E-state index in [2.05, 4.69) is 5.32 Å². The first-order valence-electron chi connectivity index (χ1n) is 12.3. The number of para-hydroxylation sites is 3. The fourth-order valence-electron chi connectivity index (χ4n) is 5.36. The second-order valence-corrected chi connectivity index (χ2v) is 9.10. The van der Waals surface area contributed by atoms with Crippen LogP contribution in [-0.2, 0) is 9.59 Å². The third-order valence-corrected chi connectivity index (χ3v) is 6.92. The minimum absolute atomic E-state index is 0.0277. The van der Waals surface area contributed by atoms with Gasteiger partial charge < -0.3 is 14.8 Å². The molecule has 36 heavy (non-hydrogen) atoms. The lowest BCUT2D eigenvalue weighted by Crippen LogP contribution is -2.37. The molecule has 1 N–H and O–H groups in total. The van der Waals surface area contributed by atoms with E-state index in [9.17, 15) is 9.59 Å². The first kappa shape index (κ1) is 23.7. The Morgan fingerprint density at radius 2 is 1.72 bits per heavy atom. The highest BCUT2D eigenvalue weighted by molar-refractivity contribution is 6.06. The summed E-state index contributed by atoms with van der Waals surface area (Å²) in [5.74, 6) is 1.40. The van der Waals surface area contributed by atoms with E-state index in [1.54, 1.807) is 18.9 Å². The molecular weight excluding hydrogens is 452 g/mol. The molecule has 0 radical (unpaired) electrons. The van der Waals surface area contributed by atoms with Gasteiger partial charge in [0.2, 0.25) is 5.91 Å². The van der Waals surface area contributed by atoms with Crippen molar-refractivity contribution in [3.05, 3.63) is 95.2 Å². The number of methoxy groups -OCH3 is 1. The fraction of sp³-hybridized carbons (Fsp3) is 0.267. The lowest BCUT2D eigenvalue weighted by Gasteiger charge is -2.34. The summed E-state index contributed by atoms with van der Waals surface area (Å²) in [5.41, 5.74) is 4.93. The van der Waals surface area contributed by atoms with Crippen LogP contribution in [0.15, 0.2) is 84.1 Å². The molecule has 6 heteroatoms. The molecule has 3 aromatic rings. The van der Waals surface area contributed by atoms with Crippen molar-refractivity contribution in [2.75, 3.05) is 23.9 Å². The highest BCUT2D eigenvalue weighted by Crippen LogP contribution is 2.48. The van der Waals surface area contributed by atoms with Crippen LogP contribution in [-0.4, -0.2) is 25.4 Å². The number of hydrogen-bond acceptors (Lipinski definition) is 5. The van der Waals surface area contributed by atoms with Crippen LogP contribution in [0.4, 0.5) is 11.4 Å². The Morgan fingerprint density at radius 1 is 1.00 bits per heavy atom. The van der Waals surface area contributed by atoms with Crippen LogP contribution in [0.2, 0.25) is 0 Å². The van der Waals surface area contributed by atoms with E-state index in [1.807, 2.05) is 79.7 Å². The van der Waals surface area contributed by atoms with E-state index < -0.39 is 6.04 Å². The SMILES string of the molecule is CCOc1ccccc1[C@@H]1CC(=O)C2=C(C1)Nc1ccccc1N(C(C)=O)[C@H]2c1ccc(OC)cc1. The summed E-state index contributed by atoms with van der Waals surface area (Å²) in [6.07, 6.45) is 0.983. The average molecular weight is 483 g/mol. The van der Waals surface area contributed by atoms with Crippen molar-refractivity contribution in [1.29, 1.82) is 0 Å². The van der Waals surface area contributed by atoms with Crippen LogP contribution in [0.25, 0.3) is 0 Å². The number of fused-ring (bicyclic) bond motifs is 1. The molecular formula is C30H30N2O4. The van der Waals surface area contributed by atoms with Gasteiger partial charge in [-0.25, -0.2) is 0 Å². The molecule has 0 saturated heterocycles. The van der Waals surface area contributed by atoms with Crippen molar-refractivity contribution < 1.29 is 19.1 Å². The van der Waals surface area contributed by atoms with Gasteiger partial charge in [-0.1, -0.05) is 42.5 Å². The molecule has 1 amide bonds. The maximum Gasteiger partial charge on any atom is 0.224 e. The highest BCUT2D eigenvalue weighted by Gasteiger charge is 2.41. The molecule has 0 saturated carbocycles. The number of hydrogen-bond donors (Lipinski definition) is 1. The van der Waals surface area contributed by atoms with Gasteiger partial charge in [0.1, 0.15) is 11.5 Å². The van der Waals surface area contributed by atoms with E-state index in [4.69, 9.17) is 9.47 Å². The normalized spacial score (nSPS) is 19.1. The molecule has 0 aromatic heterocycles. The third kappa shape index (κ3) is 4.24. The van der Waals surface area contributed by atoms with E-state index in [0.717, 1.165) is 39.7 Å². The summed E-state index contributed by atoms with van der Waals surface area (Å²) in [4.78, 5) is 28.8. The van der Waals surface area contributed by atoms with Crippen molar-refractivity contribution >= 4 is 23.1 Å².